The number of allylic oxidation sites excluding steroid dienone is 4. The van der Waals surface area contributed by atoms with E-state index in [-0.39, 0.29) is 24.8 Å². The zero-order valence-electron chi connectivity index (χ0n) is 25.6. The molecule has 0 nitrogen and oxygen atoms in total. The van der Waals surface area contributed by atoms with Gasteiger partial charge in [0.1, 0.15) is 0 Å². The Kier molecular flexibility index (Phi) is 12.2. The Bertz CT molecular complexity index is 1530. The zero-order valence-corrected chi connectivity index (χ0v) is 29.6. The van der Waals surface area contributed by atoms with Crippen LogP contribution in [0.4, 0.5) is 0 Å². The molecule has 0 bridgehead atoms. The Morgan fingerprint density at radius 2 is 1.07 bits per heavy atom. The molecule has 6 rings (SSSR count). The van der Waals surface area contributed by atoms with Crippen molar-refractivity contribution < 1.29 is 46.1 Å². The van der Waals surface area contributed by atoms with Crippen LogP contribution < -0.4 is 24.8 Å². The van der Waals surface area contributed by atoms with Crippen LogP contribution in [0.15, 0.2) is 130 Å². The fourth-order valence-corrected chi connectivity index (χ4v) is 17.3. The first-order valence-corrected chi connectivity index (χ1v) is 19.6. The molecule has 2 aliphatic rings. The summed E-state index contributed by atoms with van der Waals surface area (Å²) in [5.41, 5.74) is 12.3. The zero-order chi connectivity index (χ0) is 28.2. The number of rotatable bonds is 10. The van der Waals surface area contributed by atoms with E-state index in [1.54, 1.807) is 25.5 Å². The van der Waals surface area contributed by atoms with Crippen molar-refractivity contribution in [2.45, 2.75) is 62.9 Å². The van der Waals surface area contributed by atoms with E-state index in [0.717, 1.165) is 0 Å². The summed E-state index contributed by atoms with van der Waals surface area (Å²) < 4.78 is 3.96. The largest absolute Gasteiger partial charge is 1.00 e. The monoisotopic (exact) mass is 682 g/mol. The molecule has 0 N–H and O–H groups in total. The third-order valence-corrected chi connectivity index (χ3v) is 17.4. The van der Waals surface area contributed by atoms with E-state index in [1.807, 2.05) is 3.28 Å². The van der Waals surface area contributed by atoms with Gasteiger partial charge in [-0.15, -0.1) is 0 Å². The van der Waals surface area contributed by atoms with E-state index < -0.39 is 21.3 Å². The van der Waals surface area contributed by atoms with Crippen LogP contribution in [-0.2, 0) is 21.3 Å². The first-order valence-electron chi connectivity index (χ1n) is 15.7. The molecule has 0 aromatic heterocycles. The van der Waals surface area contributed by atoms with Gasteiger partial charge in [0.25, 0.3) is 0 Å². The summed E-state index contributed by atoms with van der Waals surface area (Å²) in [6.07, 6.45) is 10.2. The molecule has 0 spiro atoms. The molecule has 0 amide bonds. The van der Waals surface area contributed by atoms with Gasteiger partial charge in [-0.3, -0.25) is 0 Å². The third-order valence-electron chi connectivity index (χ3n) is 8.98. The molecule has 220 valence electrons. The summed E-state index contributed by atoms with van der Waals surface area (Å²) in [6, 6.07) is 41.5. The van der Waals surface area contributed by atoms with Gasteiger partial charge in [0.2, 0.25) is 0 Å². The van der Waals surface area contributed by atoms with Gasteiger partial charge < -0.3 is 24.8 Å². The Morgan fingerprint density at radius 3 is 1.56 bits per heavy atom. The number of hydrogen-bond acceptors (Lipinski definition) is 0. The average molecular weight is 685 g/mol. The maximum atomic E-state index is 2.76. The van der Waals surface area contributed by atoms with Crippen LogP contribution in [0.5, 0.6) is 0 Å². The summed E-state index contributed by atoms with van der Waals surface area (Å²) in [7, 11) is 0. The van der Waals surface area contributed by atoms with Crippen molar-refractivity contribution in [3.05, 3.63) is 152 Å². The van der Waals surface area contributed by atoms with Crippen LogP contribution >= 0.6 is 0 Å². The normalized spacial score (nSPS) is 15.0. The van der Waals surface area contributed by atoms with Crippen LogP contribution in [0, 0.1) is 5.92 Å². The summed E-state index contributed by atoms with van der Waals surface area (Å²) in [6.45, 7) is 7.11. The van der Waals surface area contributed by atoms with Crippen LogP contribution in [0.25, 0.3) is 11.1 Å². The molecule has 0 saturated carbocycles. The van der Waals surface area contributed by atoms with E-state index in [0.29, 0.717) is 9.54 Å². The van der Waals surface area contributed by atoms with Gasteiger partial charge in [-0.2, -0.15) is 0 Å². The van der Waals surface area contributed by atoms with Gasteiger partial charge in [-0.1, -0.05) is 0 Å². The quantitative estimate of drug-likeness (QED) is 0.224. The van der Waals surface area contributed by atoms with E-state index >= 15 is 0 Å². The predicted molar refractivity (Wildman–Crippen MR) is 173 cm³/mol. The fourth-order valence-electron chi connectivity index (χ4n) is 7.39. The first-order chi connectivity index (χ1) is 20.3. The maximum Gasteiger partial charge on any atom is -1.00 e. The molecule has 0 heterocycles. The summed E-state index contributed by atoms with van der Waals surface area (Å²) in [5, 5.41) is 0. The van der Waals surface area contributed by atoms with Crippen molar-refractivity contribution in [2.24, 2.45) is 5.92 Å². The molecule has 1 atom stereocenters. The van der Waals surface area contributed by atoms with Crippen molar-refractivity contribution in [3.8, 4) is 11.1 Å². The number of hydrogen-bond donors (Lipinski definition) is 0. The molecule has 0 aliphatic heterocycles. The second-order valence-electron chi connectivity index (χ2n) is 11.6. The molecule has 2 aliphatic carbocycles. The van der Waals surface area contributed by atoms with Gasteiger partial charge in [-0.25, -0.2) is 0 Å². The van der Waals surface area contributed by atoms with Crippen molar-refractivity contribution in [2.75, 3.05) is 0 Å². The topological polar surface area (TPSA) is 0 Å². The molecule has 4 aromatic rings. The molecular weight excluding hydrogens is 643 g/mol. The predicted octanol–water partition coefficient (Wildman–Crippen LogP) is 4.86. The maximum absolute atomic E-state index is 2.76. The van der Waals surface area contributed by atoms with E-state index in [9.17, 15) is 0 Å². The molecule has 1 unspecified atom stereocenters. The number of halogens is 2. The summed E-state index contributed by atoms with van der Waals surface area (Å²) in [5.74, 6) is 0.596. The molecule has 0 radical (unpaired) electrons. The Hall–Kier alpha value is -2.31. The van der Waals surface area contributed by atoms with Crippen molar-refractivity contribution in [1.29, 1.82) is 0 Å². The molecule has 0 fully saturated rings. The van der Waals surface area contributed by atoms with Crippen LogP contribution in [0.3, 0.4) is 0 Å². The van der Waals surface area contributed by atoms with Gasteiger partial charge in [-0.05, 0) is 0 Å². The number of fused-ring (bicyclic) bond motifs is 3. The standard InChI is InChI=1S/C14H23.C13H9.C13H10.2ClH.Zr/c1-4-7-12-10-11-13(8-5-2)14(12)9-6-3;1-3-7-12-10(5-1)9-11-6-2-4-8-13(11)12;1-3-7-12(8-4-1)11-13-9-5-2-6-10-13;;;/h10,13H,4-9H2,1-3H3;1-9H;1-10H;2*1H;/q;;;;;+2/p-2. The Labute approximate surface area is 279 Å². The average Bonchev–Trinajstić information content (AvgIpc) is 3.52. The minimum atomic E-state index is -2.73. The third kappa shape index (κ3) is 6.56. The second-order valence-corrected chi connectivity index (χ2v) is 17.7. The second kappa shape index (κ2) is 15.6. The SMILES string of the molecule is CCCC1=C(CCC)C(CCC)[C]([Zr+2](=[C](c2ccccc2)c2ccccc2)[CH]2c3ccccc3-c3ccccc32)=C1.[Cl-].[Cl-]. The number of benzene rings is 4. The minimum absolute atomic E-state index is 0. The van der Waals surface area contributed by atoms with Gasteiger partial charge in [0.05, 0.1) is 0 Å². The van der Waals surface area contributed by atoms with Crippen molar-refractivity contribution >= 4 is 3.21 Å². The molecule has 4 aromatic carbocycles. The molecule has 0 saturated heterocycles. The van der Waals surface area contributed by atoms with E-state index in [4.69, 9.17) is 0 Å². The first kappa shape index (κ1) is 33.6. The van der Waals surface area contributed by atoms with Crippen LogP contribution in [0.2, 0.25) is 0 Å². The summed E-state index contributed by atoms with van der Waals surface area (Å²) in [4.78, 5) is 0. The summed E-state index contributed by atoms with van der Waals surface area (Å²) >= 11 is -2.73. The molecule has 43 heavy (non-hydrogen) atoms. The van der Waals surface area contributed by atoms with Gasteiger partial charge in [0.15, 0.2) is 0 Å². The van der Waals surface area contributed by atoms with Crippen molar-refractivity contribution in [3.63, 3.8) is 0 Å². The fraction of sp³-hybridized carbons (Fsp3) is 0.275. The van der Waals surface area contributed by atoms with E-state index in [1.165, 1.54) is 60.8 Å². The Morgan fingerprint density at radius 1 is 0.581 bits per heavy atom. The minimum Gasteiger partial charge on any atom is -1.00 e. The van der Waals surface area contributed by atoms with Gasteiger partial charge >= 0.3 is 256 Å². The van der Waals surface area contributed by atoms with Crippen LogP contribution in [-0.4, -0.2) is 3.21 Å². The van der Waals surface area contributed by atoms with Crippen LogP contribution in [0.1, 0.15) is 85.2 Å². The molecule has 3 heteroatoms. The smallest absolute Gasteiger partial charge is 1.00 e. The van der Waals surface area contributed by atoms with Crippen molar-refractivity contribution in [1.82, 2.24) is 0 Å². The Balaban J connectivity index is 0.00000212. The molecular formula is C40H42Cl2Zr. The van der Waals surface area contributed by atoms with Gasteiger partial charge in [0, 0.05) is 0 Å². The van der Waals surface area contributed by atoms with E-state index in [2.05, 4.69) is 136 Å².